The van der Waals surface area contributed by atoms with Gasteiger partial charge in [-0.1, -0.05) is 0 Å². The molecule has 0 radical (unpaired) electrons. The van der Waals surface area contributed by atoms with Gasteiger partial charge in [0, 0.05) is 6.61 Å². The fraction of sp³-hybridized carbons (Fsp3) is 0.889. The van der Waals surface area contributed by atoms with Gasteiger partial charge in [-0.15, -0.1) is 0 Å². The average Bonchev–Trinajstić information content (AvgIpc) is 2.96. The molecule has 4 heteroatoms. The second kappa shape index (κ2) is 4.07. The minimum Gasteiger partial charge on any atom is -0.468 e. The van der Waals surface area contributed by atoms with E-state index >= 15 is 0 Å². The van der Waals surface area contributed by atoms with E-state index in [2.05, 4.69) is 4.74 Å². The van der Waals surface area contributed by atoms with Crippen LogP contribution >= 0.6 is 0 Å². The molecule has 76 valence electrons. The third kappa shape index (κ3) is 2.19. The second-order valence-electron chi connectivity index (χ2n) is 3.44. The summed E-state index contributed by atoms with van der Waals surface area (Å²) in [4.78, 5) is 11.4. The van der Waals surface area contributed by atoms with E-state index in [9.17, 15) is 4.79 Å². The fourth-order valence-electron chi connectivity index (χ4n) is 1.40. The molecule has 1 aliphatic carbocycles. The molecule has 0 heterocycles. The molecule has 4 nitrogen and oxygen atoms in total. The number of nitrogens with two attached hydrogens (primary N) is 1. The van der Waals surface area contributed by atoms with Gasteiger partial charge in [-0.25, -0.2) is 4.79 Å². The normalized spacial score (nSPS) is 20.8. The number of rotatable bonds is 5. The lowest BCUT2D eigenvalue weighted by Gasteiger charge is -2.25. The van der Waals surface area contributed by atoms with E-state index in [4.69, 9.17) is 10.5 Å². The molecule has 1 atom stereocenters. The predicted molar refractivity (Wildman–Crippen MR) is 48.2 cm³/mol. The van der Waals surface area contributed by atoms with E-state index in [1.807, 2.05) is 6.92 Å². The Morgan fingerprint density at radius 3 is 2.62 bits per heavy atom. The molecule has 1 aliphatic rings. The Kier molecular flexibility index (Phi) is 3.27. The minimum atomic E-state index is -0.912. The molecule has 0 spiro atoms. The Balaban J connectivity index is 2.56. The lowest BCUT2D eigenvalue weighted by molar-refractivity contribution is -0.150. The Labute approximate surface area is 78.4 Å². The van der Waals surface area contributed by atoms with Gasteiger partial charge in [0.2, 0.25) is 0 Å². The van der Waals surface area contributed by atoms with E-state index in [-0.39, 0.29) is 18.5 Å². The van der Waals surface area contributed by atoms with Crippen molar-refractivity contribution in [3.05, 3.63) is 0 Å². The summed E-state index contributed by atoms with van der Waals surface area (Å²) in [7, 11) is 1.36. The van der Waals surface area contributed by atoms with Gasteiger partial charge in [-0.05, 0) is 25.7 Å². The molecule has 0 aromatic carbocycles. The molecule has 0 aromatic rings. The van der Waals surface area contributed by atoms with Crippen molar-refractivity contribution in [2.24, 2.45) is 11.7 Å². The molecule has 1 saturated carbocycles. The Bertz CT molecular complexity index is 191. The average molecular weight is 187 g/mol. The van der Waals surface area contributed by atoms with Crippen molar-refractivity contribution in [1.82, 2.24) is 0 Å². The molecule has 1 rings (SSSR count). The minimum absolute atomic E-state index is 0.242. The Hall–Kier alpha value is -0.610. The molecule has 0 aromatic heterocycles. The summed E-state index contributed by atoms with van der Waals surface area (Å²) in [5.41, 5.74) is 5.03. The number of carbonyl (C=O) groups is 1. The lowest BCUT2D eigenvalue weighted by Crippen LogP contribution is -2.54. The van der Waals surface area contributed by atoms with Crippen molar-refractivity contribution in [2.45, 2.75) is 25.3 Å². The Morgan fingerprint density at radius 2 is 2.23 bits per heavy atom. The van der Waals surface area contributed by atoms with Crippen LogP contribution in [0, 0.1) is 5.92 Å². The van der Waals surface area contributed by atoms with Crippen molar-refractivity contribution in [3.8, 4) is 0 Å². The zero-order chi connectivity index (χ0) is 9.90. The second-order valence-corrected chi connectivity index (χ2v) is 3.44. The number of esters is 1. The van der Waals surface area contributed by atoms with Gasteiger partial charge in [-0.2, -0.15) is 0 Å². The molecule has 0 bridgehead atoms. The van der Waals surface area contributed by atoms with Crippen LogP contribution in [0.2, 0.25) is 0 Å². The van der Waals surface area contributed by atoms with Gasteiger partial charge in [-0.3, -0.25) is 0 Å². The van der Waals surface area contributed by atoms with E-state index in [1.165, 1.54) is 7.11 Å². The molecular weight excluding hydrogens is 170 g/mol. The number of hydrogen-bond acceptors (Lipinski definition) is 4. The summed E-state index contributed by atoms with van der Waals surface area (Å²) >= 11 is 0. The molecule has 13 heavy (non-hydrogen) atoms. The van der Waals surface area contributed by atoms with E-state index < -0.39 is 5.54 Å². The van der Waals surface area contributed by atoms with Crippen LogP contribution in [0.15, 0.2) is 0 Å². The highest BCUT2D eigenvalue weighted by Gasteiger charge is 2.49. The smallest absolute Gasteiger partial charge is 0.328 e. The number of carbonyl (C=O) groups excluding carboxylic acids is 1. The van der Waals surface area contributed by atoms with Gasteiger partial charge in [0.1, 0.15) is 5.54 Å². The maximum absolute atomic E-state index is 11.4. The van der Waals surface area contributed by atoms with E-state index in [1.54, 1.807) is 0 Å². The monoisotopic (exact) mass is 187 g/mol. The number of methoxy groups -OCH3 is 1. The van der Waals surface area contributed by atoms with Crippen LogP contribution < -0.4 is 5.73 Å². The summed E-state index contributed by atoms with van der Waals surface area (Å²) in [5, 5.41) is 0. The van der Waals surface area contributed by atoms with Gasteiger partial charge < -0.3 is 15.2 Å². The first-order valence-electron chi connectivity index (χ1n) is 4.60. The molecule has 1 fully saturated rings. The quantitative estimate of drug-likeness (QED) is 0.629. The zero-order valence-corrected chi connectivity index (χ0v) is 8.21. The fourth-order valence-corrected chi connectivity index (χ4v) is 1.40. The van der Waals surface area contributed by atoms with Crippen LogP contribution in [0.4, 0.5) is 0 Å². The number of ether oxygens (including phenoxy) is 2. The Morgan fingerprint density at radius 1 is 1.62 bits per heavy atom. The highest BCUT2D eigenvalue weighted by molar-refractivity contribution is 5.81. The molecule has 0 amide bonds. The topological polar surface area (TPSA) is 61.5 Å². The van der Waals surface area contributed by atoms with Crippen LogP contribution in [0.1, 0.15) is 19.8 Å². The summed E-state index contributed by atoms with van der Waals surface area (Å²) in [6.45, 7) is 2.72. The summed E-state index contributed by atoms with van der Waals surface area (Å²) < 4.78 is 9.87. The lowest BCUT2D eigenvalue weighted by atomic mass is 9.96. The summed E-state index contributed by atoms with van der Waals surface area (Å²) in [5.74, 6) is -0.116. The van der Waals surface area contributed by atoms with Crippen LogP contribution in [-0.4, -0.2) is 31.8 Å². The first-order chi connectivity index (χ1) is 6.15. The number of hydrogen-bond donors (Lipinski definition) is 1. The zero-order valence-electron chi connectivity index (χ0n) is 8.21. The van der Waals surface area contributed by atoms with Gasteiger partial charge >= 0.3 is 5.97 Å². The molecule has 2 N–H and O–H groups in total. The third-order valence-electron chi connectivity index (χ3n) is 2.42. The largest absolute Gasteiger partial charge is 0.468 e. The maximum atomic E-state index is 11.4. The molecule has 0 aliphatic heterocycles. The van der Waals surface area contributed by atoms with Gasteiger partial charge in [0.05, 0.1) is 13.7 Å². The van der Waals surface area contributed by atoms with Gasteiger partial charge in [0.15, 0.2) is 0 Å². The molecule has 1 unspecified atom stereocenters. The van der Waals surface area contributed by atoms with Crippen LogP contribution in [0.25, 0.3) is 0 Å². The highest BCUT2D eigenvalue weighted by atomic mass is 16.5. The van der Waals surface area contributed by atoms with E-state index in [0.29, 0.717) is 6.61 Å². The van der Waals surface area contributed by atoms with Crippen LogP contribution in [0.5, 0.6) is 0 Å². The standard InChI is InChI=1S/C9H17NO3/c1-3-13-6-9(10,7-4-5-7)8(11)12-2/h7H,3-6,10H2,1-2H3. The predicted octanol–water partition coefficient (Wildman–Crippen LogP) is 0.303. The SMILES string of the molecule is CCOCC(N)(C(=O)OC)C1CC1. The first kappa shape index (κ1) is 10.5. The first-order valence-corrected chi connectivity index (χ1v) is 4.60. The van der Waals surface area contributed by atoms with Crippen LogP contribution in [-0.2, 0) is 14.3 Å². The molecule has 0 saturated heterocycles. The summed E-state index contributed by atoms with van der Waals surface area (Å²) in [6.07, 6.45) is 2.00. The van der Waals surface area contributed by atoms with Crippen molar-refractivity contribution in [3.63, 3.8) is 0 Å². The molecular formula is C9H17NO3. The van der Waals surface area contributed by atoms with Crippen molar-refractivity contribution < 1.29 is 14.3 Å². The van der Waals surface area contributed by atoms with Gasteiger partial charge in [0.25, 0.3) is 0 Å². The van der Waals surface area contributed by atoms with E-state index in [0.717, 1.165) is 12.8 Å². The maximum Gasteiger partial charge on any atom is 0.328 e. The third-order valence-corrected chi connectivity index (χ3v) is 2.42. The highest BCUT2D eigenvalue weighted by Crippen LogP contribution is 2.39. The van der Waals surface area contributed by atoms with Crippen molar-refractivity contribution >= 4 is 5.97 Å². The van der Waals surface area contributed by atoms with Crippen molar-refractivity contribution in [1.29, 1.82) is 0 Å². The van der Waals surface area contributed by atoms with Crippen LogP contribution in [0.3, 0.4) is 0 Å². The van der Waals surface area contributed by atoms with Crippen molar-refractivity contribution in [2.75, 3.05) is 20.3 Å². The summed E-state index contributed by atoms with van der Waals surface area (Å²) in [6, 6.07) is 0.